The topological polar surface area (TPSA) is 73.6 Å². The molecule has 1 unspecified atom stereocenters. The van der Waals surface area contributed by atoms with Crippen molar-refractivity contribution in [1.29, 1.82) is 0 Å². The van der Waals surface area contributed by atoms with Crippen LogP contribution in [0, 0.1) is 0 Å². The average molecular weight is 240 g/mol. The van der Waals surface area contributed by atoms with E-state index >= 15 is 0 Å². The first-order valence-electron chi connectivity index (χ1n) is 5.75. The lowest BCUT2D eigenvalue weighted by Crippen LogP contribution is -2.24. The highest BCUT2D eigenvalue weighted by Crippen LogP contribution is 2.13. The molecular weight excluding hydrogens is 224 g/mol. The zero-order valence-corrected chi connectivity index (χ0v) is 9.54. The standard InChI is InChI=1S/C11H16N2O4/c14-11(15)9-4-5-12-13(9)6-8-17-10-3-1-2-7-16-10/h4-5,10H,1-3,6-8H2,(H,14,15). The second kappa shape index (κ2) is 5.79. The second-order valence-electron chi connectivity index (χ2n) is 3.91. The minimum Gasteiger partial charge on any atom is -0.477 e. The number of rotatable bonds is 5. The van der Waals surface area contributed by atoms with Crippen LogP contribution in [0.3, 0.4) is 0 Å². The van der Waals surface area contributed by atoms with Gasteiger partial charge in [0.05, 0.1) is 13.2 Å². The zero-order chi connectivity index (χ0) is 12.1. The third-order valence-electron chi connectivity index (χ3n) is 2.68. The molecule has 2 rings (SSSR count). The van der Waals surface area contributed by atoms with E-state index in [0.717, 1.165) is 25.9 Å². The predicted octanol–water partition coefficient (Wildman–Crippen LogP) is 1.12. The van der Waals surface area contributed by atoms with Crippen molar-refractivity contribution in [2.45, 2.75) is 32.1 Å². The number of hydrogen-bond donors (Lipinski definition) is 1. The summed E-state index contributed by atoms with van der Waals surface area (Å²) in [5.41, 5.74) is 0.179. The van der Waals surface area contributed by atoms with Gasteiger partial charge in [0.1, 0.15) is 5.69 Å². The van der Waals surface area contributed by atoms with Crippen LogP contribution in [0.4, 0.5) is 0 Å². The van der Waals surface area contributed by atoms with Crippen molar-refractivity contribution in [3.8, 4) is 0 Å². The van der Waals surface area contributed by atoms with Crippen molar-refractivity contribution in [3.05, 3.63) is 18.0 Å². The Morgan fingerprint density at radius 1 is 1.65 bits per heavy atom. The molecule has 0 aliphatic carbocycles. The molecule has 1 aliphatic rings. The minimum atomic E-state index is -0.976. The van der Waals surface area contributed by atoms with E-state index in [-0.39, 0.29) is 12.0 Å². The van der Waals surface area contributed by atoms with Gasteiger partial charge in [-0.3, -0.25) is 4.68 Å². The highest BCUT2D eigenvalue weighted by Gasteiger charge is 2.14. The van der Waals surface area contributed by atoms with E-state index in [9.17, 15) is 4.79 Å². The van der Waals surface area contributed by atoms with E-state index < -0.39 is 5.97 Å². The van der Waals surface area contributed by atoms with Crippen LogP contribution in [0.1, 0.15) is 29.8 Å². The highest BCUT2D eigenvalue weighted by atomic mass is 16.7. The van der Waals surface area contributed by atoms with Gasteiger partial charge in [-0.05, 0) is 25.3 Å². The number of carboxylic acid groups (broad SMARTS) is 1. The molecule has 1 saturated heterocycles. The first-order chi connectivity index (χ1) is 8.27. The van der Waals surface area contributed by atoms with Gasteiger partial charge in [-0.1, -0.05) is 0 Å². The van der Waals surface area contributed by atoms with Crippen molar-refractivity contribution >= 4 is 5.97 Å². The number of ether oxygens (including phenoxy) is 2. The zero-order valence-electron chi connectivity index (χ0n) is 9.54. The third-order valence-corrected chi connectivity index (χ3v) is 2.68. The SMILES string of the molecule is O=C(O)c1ccnn1CCOC1CCCCO1. The van der Waals surface area contributed by atoms with Crippen LogP contribution in [0.5, 0.6) is 0 Å². The number of aromatic nitrogens is 2. The fraction of sp³-hybridized carbons (Fsp3) is 0.636. The summed E-state index contributed by atoms with van der Waals surface area (Å²) >= 11 is 0. The Balaban J connectivity index is 1.77. The summed E-state index contributed by atoms with van der Waals surface area (Å²) in [5, 5.41) is 12.8. The molecule has 1 fully saturated rings. The van der Waals surface area contributed by atoms with Crippen LogP contribution in [0.2, 0.25) is 0 Å². The molecular formula is C11H16N2O4. The minimum absolute atomic E-state index is 0.146. The van der Waals surface area contributed by atoms with Crippen LogP contribution in [-0.2, 0) is 16.0 Å². The van der Waals surface area contributed by atoms with Crippen molar-refractivity contribution in [2.75, 3.05) is 13.2 Å². The molecule has 0 saturated carbocycles. The van der Waals surface area contributed by atoms with Gasteiger partial charge in [0.25, 0.3) is 0 Å². The number of carboxylic acids is 1. The Labute approximate surface area is 99.1 Å². The maximum atomic E-state index is 10.8. The predicted molar refractivity (Wildman–Crippen MR) is 58.7 cm³/mol. The molecule has 0 bridgehead atoms. The molecule has 1 atom stereocenters. The lowest BCUT2D eigenvalue weighted by Gasteiger charge is -2.22. The van der Waals surface area contributed by atoms with Crippen molar-refractivity contribution < 1.29 is 19.4 Å². The van der Waals surface area contributed by atoms with Gasteiger partial charge in [0.2, 0.25) is 0 Å². The Kier molecular flexibility index (Phi) is 4.11. The molecule has 1 aromatic rings. The van der Waals surface area contributed by atoms with E-state index in [2.05, 4.69) is 5.10 Å². The average Bonchev–Trinajstić information content (AvgIpc) is 2.79. The van der Waals surface area contributed by atoms with Crippen molar-refractivity contribution in [1.82, 2.24) is 9.78 Å². The maximum absolute atomic E-state index is 10.8. The molecule has 6 nitrogen and oxygen atoms in total. The molecule has 1 aromatic heterocycles. The summed E-state index contributed by atoms with van der Waals surface area (Å²) in [4.78, 5) is 10.8. The second-order valence-corrected chi connectivity index (χ2v) is 3.91. The first-order valence-corrected chi connectivity index (χ1v) is 5.75. The highest BCUT2D eigenvalue weighted by molar-refractivity contribution is 5.85. The van der Waals surface area contributed by atoms with Gasteiger partial charge < -0.3 is 14.6 Å². The normalized spacial score (nSPS) is 20.4. The fourth-order valence-corrected chi connectivity index (χ4v) is 1.81. The van der Waals surface area contributed by atoms with Gasteiger partial charge in [0.15, 0.2) is 6.29 Å². The number of nitrogens with zero attached hydrogens (tertiary/aromatic N) is 2. The molecule has 0 aromatic carbocycles. The Hall–Kier alpha value is -1.40. The van der Waals surface area contributed by atoms with E-state index in [1.165, 1.54) is 16.9 Å². The van der Waals surface area contributed by atoms with Gasteiger partial charge in [0, 0.05) is 12.8 Å². The Morgan fingerprint density at radius 3 is 3.24 bits per heavy atom. The molecule has 0 amide bonds. The van der Waals surface area contributed by atoms with Crippen LogP contribution in [0.25, 0.3) is 0 Å². The van der Waals surface area contributed by atoms with E-state index in [4.69, 9.17) is 14.6 Å². The Morgan fingerprint density at radius 2 is 2.53 bits per heavy atom. The molecule has 1 aliphatic heterocycles. The Bertz CT molecular complexity index is 371. The van der Waals surface area contributed by atoms with Crippen LogP contribution < -0.4 is 0 Å². The molecule has 0 radical (unpaired) electrons. The van der Waals surface area contributed by atoms with Crippen molar-refractivity contribution in [2.24, 2.45) is 0 Å². The van der Waals surface area contributed by atoms with Crippen LogP contribution in [0.15, 0.2) is 12.3 Å². The maximum Gasteiger partial charge on any atom is 0.354 e. The monoisotopic (exact) mass is 240 g/mol. The quantitative estimate of drug-likeness (QED) is 0.835. The summed E-state index contributed by atoms with van der Waals surface area (Å²) in [6, 6.07) is 1.47. The largest absolute Gasteiger partial charge is 0.477 e. The summed E-state index contributed by atoms with van der Waals surface area (Å²) < 4.78 is 12.3. The van der Waals surface area contributed by atoms with Gasteiger partial charge in [-0.25, -0.2) is 4.79 Å². The van der Waals surface area contributed by atoms with E-state index in [1.807, 2.05) is 0 Å². The lowest BCUT2D eigenvalue weighted by molar-refractivity contribution is -0.163. The summed E-state index contributed by atoms with van der Waals surface area (Å²) in [6.07, 6.45) is 4.44. The van der Waals surface area contributed by atoms with Crippen LogP contribution >= 0.6 is 0 Å². The summed E-state index contributed by atoms with van der Waals surface area (Å²) in [6.45, 7) is 1.58. The summed E-state index contributed by atoms with van der Waals surface area (Å²) in [5.74, 6) is -0.976. The first kappa shape index (κ1) is 12.1. The van der Waals surface area contributed by atoms with Crippen molar-refractivity contribution in [3.63, 3.8) is 0 Å². The van der Waals surface area contributed by atoms with Gasteiger partial charge in [-0.2, -0.15) is 5.10 Å². The van der Waals surface area contributed by atoms with Gasteiger partial charge >= 0.3 is 5.97 Å². The molecule has 94 valence electrons. The van der Waals surface area contributed by atoms with E-state index in [1.54, 1.807) is 0 Å². The van der Waals surface area contributed by atoms with Gasteiger partial charge in [-0.15, -0.1) is 0 Å². The molecule has 6 heteroatoms. The fourth-order valence-electron chi connectivity index (χ4n) is 1.81. The number of hydrogen-bond acceptors (Lipinski definition) is 4. The molecule has 17 heavy (non-hydrogen) atoms. The smallest absolute Gasteiger partial charge is 0.354 e. The molecule has 2 heterocycles. The molecule has 0 spiro atoms. The molecule has 1 N–H and O–H groups in total. The summed E-state index contributed by atoms with van der Waals surface area (Å²) in [7, 11) is 0. The number of carbonyl (C=O) groups is 1. The number of aromatic carboxylic acids is 1. The lowest BCUT2D eigenvalue weighted by atomic mass is 10.2. The third kappa shape index (κ3) is 3.28. The van der Waals surface area contributed by atoms with E-state index in [0.29, 0.717) is 13.2 Å². The van der Waals surface area contributed by atoms with Crippen LogP contribution in [-0.4, -0.2) is 40.4 Å².